The molecule has 1 N–H and O–H groups in total. The second kappa shape index (κ2) is 14.9. The topological polar surface area (TPSA) is 91.4 Å². The van der Waals surface area contributed by atoms with Gasteiger partial charge in [-0.1, -0.05) is 30.7 Å². The van der Waals surface area contributed by atoms with E-state index < -0.39 is 0 Å². The normalized spacial score (nSPS) is 22.1. The Morgan fingerprint density at radius 3 is 2.60 bits per heavy atom. The maximum atomic E-state index is 13.0. The second-order valence-electron chi connectivity index (χ2n) is 13.5. The highest BCUT2D eigenvalue weighted by molar-refractivity contribution is 5.98. The SMILES string of the molecule is CC(CCC(=O)NC=O)N1Cc2cc(OCC3CCCCN3Cc3ccc(C4CCN(CC5COC5)CC4)cc3)ccc2C1=O. The third-order valence-corrected chi connectivity index (χ3v) is 10.3. The van der Waals surface area contributed by atoms with E-state index in [0.717, 1.165) is 50.0 Å². The van der Waals surface area contributed by atoms with Crippen LogP contribution in [0.4, 0.5) is 0 Å². The molecule has 3 amide bonds. The summed E-state index contributed by atoms with van der Waals surface area (Å²) in [6, 6.07) is 15.4. The average Bonchev–Trinajstić information content (AvgIpc) is 3.37. The van der Waals surface area contributed by atoms with Gasteiger partial charge in [-0.25, -0.2) is 0 Å². The number of likely N-dealkylation sites (tertiary alicyclic amines) is 2. The Morgan fingerprint density at radius 2 is 1.87 bits per heavy atom. The molecular formula is C36H48N4O5. The molecule has 2 atom stereocenters. The standard InChI is InChI=1S/C36H48N4O5/c1-26(5-12-35(42)37-25-41)40-21-31-18-33(10-11-34(31)36(40)43)45-24-32-4-2-3-15-39(32)20-27-6-8-29(9-7-27)30-13-16-38(17-14-30)19-28-22-44-23-28/h6-11,18,25-26,28,30,32H,2-5,12-17,19-24H2,1H3,(H,37,41,42). The first-order valence-corrected chi connectivity index (χ1v) is 16.9. The van der Waals surface area contributed by atoms with Gasteiger partial charge >= 0.3 is 0 Å². The van der Waals surface area contributed by atoms with Crippen LogP contribution in [0.25, 0.3) is 0 Å². The third-order valence-electron chi connectivity index (χ3n) is 10.3. The quantitative estimate of drug-likeness (QED) is 0.335. The lowest BCUT2D eigenvalue weighted by Crippen LogP contribution is -2.42. The summed E-state index contributed by atoms with van der Waals surface area (Å²) < 4.78 is 11.7. The molecule has 4 heterocycles. The summed E-state index contributed by atoms with van der Waals surface area (Å²) in [6.45, 7) is 10.6. The zero-order valence-electron chi connectivity index (χ0n) is 26.6. The Hall–Kier alpha value is -3.27. The molecule has 0 aliphatic carbocycles. The summed E-state index contributed by atoms with van der Waals surface area (Å²) in [4.78, 5) is 42.2. The fourth-order valence-electron chi connectivity index (χ4n) is 7.38. The smallest absolute Gasteiger partial charge is 0.254 e. The van der Waals surface area contributed by atoms with Gasteiger partial charge in [0.15, 0.2) is 0 Å². The van der Waals surface area contributed by atoms with Crippen LogP contribution in [-0.4, -0.2) is 91.0 Å². The Balaban J connectivity index is 0.984. The van der Waals surface area contributed by atoms with Crippen LogP contribution >= 0.6 is 0 Å². The number of fused-ring (bicyclic) bond motifs is 1. The van der Waals surface area contributed by atoms with Crippen molar-refractivity contribution in [2.75, 3.05) is 46.0 Å². The summed E-state index contributed by atoms with van der Waals surface area (Å²) >= 11 is 0. The number of nitrogens with zero attached hydrogens (tertiary/aromatic N) is 3. The number of piperidine rings is 2. The monoisotopic (exact) mass is 616 g/mol. The van der Waals surface area contributed by atoms with Crippen molar-refractivity contribution in [1.82, 2.24) is 20.0 Å². The lowest BCUT2D eigenvalue weighted by atomic mass is 9.88. The lowest BCUT2D eigenvalue weighted by molar-refractivity contribution is -0.125. The Kier molecular flexibility index (Phi) is 10.5. The van der Waals surface area contributed by atoms with E-state index in [0.29, 0.717) is 43.5 Å². The van der Waals surface area contributed by atoms with Crippen LogP contribution in [0, 0.1) is 5.92 Å². The molecule has 9 nitrogen and oxygen atoms in total. The molecule has 45 heavy (non-hydrogen) atoms. The summed E-state index contributed by atoms with van der Waals surface area (Å²) in [7, 11) is 0. The molecule has 6 rings (SSSR count). The number of carbonyl (C=O) groups is 3. The summed E-state index contributed by atoms with van der Waals surface area (Å²) in [5.74, 6) is 1.86. The largest absolute Gasteiger partial charge is 0.492 e. The summed E-state index contributed by atoms with van der Waals surface area (Å²) in [5.41, 5.74) is 4.50. The minimum Gasteiger partial charge on any atom is -0.492 e. The van der Waals surface area contributed by atoms with E-state index in [9.17, 15) is 14.4 Å². The highest BCUT2D eigenvalue weighted by atomic mass is 16.5. The fraction of sp³-hybridized carbons (Fsp3) is 0.583. The van der Waals surface area contributed by atoms with Gasteiger partial charge < -0.3 is 19.3 Å². The molecule has 2 aromatic carbocycles. The van der Waals surface area contributed by atoms with Crippen LogP contribution < -0.4 is 10.1 Å². The number of amides is 3. The van der Waals surface area contributed by atoms with E-state index >= 15 is 0 Å². The molecule has 0 saturated carbocycles. The van der Waals surface area contributed by atoms with Crippen LogP contribution in [-0.2, 0) is 27.4 Å². The van der Waals surface area contributed by atoms with Crippen LogP contribution in [0.2, 0.25) is 0 Å². The molecule has 2 unspecified atom stereocenters. The van der Waals surface area contributed by atoms with Crippen LogP contribution in [0.15, 0.2) is 42.5 Å². The van der Waals surface area contributed by atoms with Gasteiger partial charge in [0.1, 0.15) is 12.4 Å². The lowest BCUT2D eigenvalue weighted by Gasteiger charge is -2.37. The van der Waals surface area contributed by atoms with E-state index in [4.69, 9.17) is 9.47 Å². The van der Waals surface area contributed by atoms with Crippen molar-refractivity contribution >= 4 is 18.2 Å². The van der Waals surface area contributed by atoms with Gasteiger partial charge in [-0.3, -0.25) is 24.6 Å². The van der Waals surface area contributed by atoms with Crippen LogP contribution in [0.1, 0.15) is 84.8 Å². The molecule has 3 fully saturated rings. The number of hydrogen-bond donors (Lipinski definition) is 1. The fourth-order valence-corrected chi connectivity index (χ4v) is 7.38. The zero-order valence-corrected chi connectivity index (χ0v) is 26.6. The zero-order chi connectivity index (χ0) is 31.2. The first-order chi connectivity index (χ1) is 22.0. The van der Waals surface area contributed by atoms with Gasteiger partial charge in [0.2, 0.25) is 12.3 Å². The number of benzene rings is 2. The number of hydrogen-bond acceptors (Lipinski definition) is 7. The minimum atomic E-state index is -0.326. The van der Waals surface area contributed by atoms with Gasteiger partial charge in [-0.15, -0.1) is 0 Å². The number of carbonyl (C=O) groups excluding carboxylic acids is 3. The van der Waals surface area contributed by atoms with Crippen molar-refractivity contribution in [3.63, 3.8) is 0 Å². The highest BCUT2D eigenvalue weighted by Gasteiger charge is 2.32. The number of imide groups is 1. The van der Waals surface area contributed by atoms with Crippen molar-refractivity contribution < 1.29 is 23.9 Å². The summed E-state index contributed by atoms with van der Waals surface area (Å²) in [6.07, 6.45) is 7.13. The van der Waals surface area contributed by atoms with E-state index in [2.05, 4.69) is 39.4 Å². The van der Waals surface area contributed by atoms with Gasteiger partial charge in [-0.05, 0) is 99.5 Å². The van der Waals surface area contributed by atoms with Crippen molar-refractivity contribution in [2.45, 2.75) is 83.0 Å². The predicted molar refractivity (Wildman–Crippen MR) is 172 cm³/mol. The molecule has 0 radical (unpaired) electrons. The molecule has 4 aliphatic heterocycles. The van der Waals surface area contributed by atoms with E-state index in [1.165, 1.54) is 56.4 Å². The molecule has 0 aromatic heterocycles. The Bertz CT molecular complexity index is 1320. The van der Waals surface area contributed by atoms with E-state index in [-0.39, 0.29) is 24.3 Å². The molecule has 9 heteroatoms. The average molecular weight is 617 g/mol. The van der Waals surface area contributed by atoms with Crippen molar-refractivity contribution in [3.05, 3.63) is 64.7 Å². The second-order valence-corrected chi connectivity index (χ2v) is 13.5. The van der Waals surface area contributed by atoms with Crippen molar-refractivity contribution in [2.24, 2.45) is 5.92 Å². The summed E-state index contributed by atoms with van der Waals surface area (Å²) in [5, 5.41) is 2.16. The van der Waals surface area contributed by atoms with E-state index in [1.807, 2.05) is 25.1 Å². The Morgan fingerprint density at radius 1 is 1.07 bits per heavy atom. The minimum absolute atomic E-state index is 0.0192. The molecular weight excluding hydrogens is 568 g/mol. The van der Waals surface area contributed by atoms with Gasteiger partial charge in [-0.2, -0.15) is 0 Å². The van der Waals surface area contributed by atoms with Crippen LogP contribution in [0.5, 0.6) is 5.75 Å². The van der Waals surface area contributed by atoms with Crippen molar-refractivity contribution in [3.8, 4) is 5.75 Å². The highest BCUT2D eigenvalue weighted by Crippen LogP contribution is 2.31. The first kappa shape index (κ1) is 31.7. The molecule has 0 bridgehead atoms. The van der Waals surface area contributed by atoms with Gasteiger partial charge in [0, 0.05) is 49.6 Å². The number of ether oxygens (including phenoxy) is 2. The first-order valence-electron chi connectivity index (χ1n) is 16.9. The third kappa shape index (κ3) is 7.94. The molecule has 242 valence electrons. The van der Waals surface area contributed by atoms with Gasteiger partial charge in [0.05, 0.1) is 13.2 Å². The molecule has 2 aromatic rings. The van der Waals surface area contributed by atoms with Gasteiger partial charge in [0.25, 0.3) is 5.91 Å². The molecule has 4 aliphatic rings. The predicted octanol–water partition coefficient (Wildman–Crippen LogP) is 4.34. The maximum absolute atomic E-state index is 13.0. The molecule has 3 saturated heterocycles. The number of nitrogens with one attached hydrogen (secondary N) is 1. The maximum Gasteiger partial charge on any atom is 0.254 e. The number of rotatable bonds is 13. The van der Waals surface area contributed by atoms with Crippen molar-refractivity contribution in [1.29, 1.82) is 0 Å². The molecule has 0 spiro atoms. The Labute approximate surface area is 267 Å². The van der Waals surface area contributed by atoms with E-state index in [1.54, 1.807) is 4.90 Å². The van der Waals surface area contributed by atoms with Crippen LogP contribution in [0.3, 0.4) is 0 Å².